The lowest BCUT2D eigenvalue weighted by Gasteiger charge is -2.33. The number of hydrogen-bond acceptors (Lipinski definition) is 8. The molecule has 1 atom stereocenters. The van der Waals surface area contributed by atoms with E-state index in [-0.39, 0.29) is 5.60 Å². The van der Waals surface area contributed by atoms with Crippen LogP contribution in [-0.4, -0.2) is 65.6 Å². The van der Waals surface area contributed by atoms with Crippen LogP contribution in [0, 0.1) is 0 Å². The van der Waals surface area contributed by atoms with Gasteiger partial charge in [0.05, 0.1) is 30.8 Å². The standard InChI is InChI=1S/C21H32N4O2S2/c1-4-21(3)13-15-16(14-27-21)29-19-17(15)18(23-20(24-19)28-5-2)22-7-6-8-25-9-11-26-12-10-25/h4-14H2,1-3H3,(H,22,23,24)/t21-/m1/s1. The number of nitrogens with zero attached hydrogens (tertiary/aromatic N) is 3. The summed E-state index contributed by atoms with van der Waals surface area (Å²) in [7, 11) is 0. The number of anilines is 1. The molecule has 0 radical (unpaired) electrons. The molecule has 0 bridgehead atoms. The molecule has 0 unspecified atom stereocenters. The van der Waals surface area contributed by atoms with E-state index in [2.05, 4.69) is 31.0 Å². The first-order valence-corrected chi connectivity index (χ1v) is 12.5. The lowest BCUT2D eigenvalue weighted by Crippen LogP contribution is -2.37. The van der Waals surface area contributed by atoms with Gasteiger partial charge in [0.1, 0.15) is 10.6 Å². The van der Waals surface area contributed by atoms with Crippen molar-refractivity contribution in [2.45, 2.75) is 57.4 Å². The average molecular weight is 437 g/mol. The van der Waals surface area contributed by atoms with Gasteiger partial charge >= 0.3 is 0 Å². The summed E-state index contributed by atoms with van der Waals surface area (Å²) < 4.78 is 11.6. The van der Waals surface area contributed by atoms with Crippen LogP contribution in [0.25, 0.3) is 10.2 Å². The molecule has 1 N–H and O–H groups in total. The van der Waals surface area contributed by atoms with Crippen LogP contribution in [0.2, 0.25) is 0 Å². The Morgan fingerprint density at radius 3 is 2.83 bits per heavy atom. The number of thiophene rings is 1. The number of fused-ring (bicyclic) bond motifs is 3. The molecule has 0 aromatic carbocycles. The first-order chi connectivity index (χ1) is 14.1. The van der Waals surface area contributed by atoms with Gasteiger partial charge in [-0.15, -0.1) is 11.3 Å². The molecule has 0 spiro atoms. The summed E-state index contributed by atoms with van der Waals surface area (Å²) in [6.45, 7) is 13.1. The Bertz CT molecular complexity index is 838. The summed E-state index contributed by atoms with van der Waals surface area (Å²) in [6.07, 6.45) is 3.05. The van der Waals surface area contributed by atoms with Crippen molar-refractivity contribution in [1.29, 1.82) is 0 Å². The van der Waals surface area contributed by atoms with Crippen molar-refractivity contribution in [1.82, 2.24) is 14.9 Å². The zero-order valence-corrected chi connectivity index (χ0v) is 19.4. The van der Waals surface area contributed by atoms with Crippen LogP contribution in [0.5, 0.6) is 0 Å². The van der Waals surface area contributed by atoms with Crippen molar-refractivity contribution >= 4 is 39.1 Å². The number of morpholine rings is 1. The highest BCUT2D eigenvalue weighted by atomic mass is 32.2. The average Bonchev–Trinajstić information content (AvgIpc) is 3.09. The fourth-order valence-corrected chi connectivity index (χ4v) is 5.67. The zero-order valence-electron chi connectivity index (χ0n) is 17.8. The molecule has 2 aliphatic heterocycles. The number of hydrogen-bond donors (Lipinski definition) is 1. The molecular weight excluding hydrogens is 404 g/mol. The predicted octanol–water partition coefficient (Wildman–Crippen LogP) is 4.18. The lowest BCUT2D eigenvalue weighted by atomic mass is 9.90. The number of aromatic nitrogens is 2. The van der Waals surface area contributed by atoms with Gasteiger partial charge in [-0.25, -0.2) is 9.97 Å². The molecule has 4 rings (SSSR count). The van der Waals surface area contributed by atoms with Crippen LogP contribution in [0.4, 0.5) is 5.82 Å². The Morgan fingerprint density at radius 1 is 1.24 bits per heavy atom. The highest BCUT2D eigenvalue weighted by Gasteiger charge is 2.33. The Kier molecular flexibility index (Phi) is 6.96. The minimum absolute atomic E-state index is 0.0918. The molecule has 2 aromatic rings. The van der Waals surface area contributed by atoms with Crippen LogP contribution in [0.15, 0.2) is 5.16 Å². The van der Waals surface area contributed by atoms with Crippen molar-refractivity contribution in [3.05, 3.63) is 10.4 Å². The Labute approximate surface area is 181 Å². The van der Waals surface area contributed by atoms with Gasteiger partial charge in [-0.1, -0.05) is 25.6 Å². The zero-order chi connectivity index (χ0) is 20.3. The SMILES string of the molecule is CCSc1nc(NCCCN2CCOCC2)c2c3c(sc2n1)CO[C@](C)(CC)C3. The molecule has 8 heteroatoms. The molecule has 0 aliphatic carbocycles. The molecule has 1 fully saturated rings. The molecule has 160 valence electrons. The van der Waals surface area contributed by atoms with E-state index >= 15 is 0 Å². The molecule has 2 aliphatic rings. The third kappa shape index (κ3) is 4.88. The van der Waals surface area contributed by atoms with Gasteiger partial charge in [0.25, 0.3) is 0 Å². The summed E-state index contributed by atoms with van der Waals surface area (Å²) in [4.78, 5) is 14.7. The van der Waals surface area contributed by atoms with E-state index in [1.807, 2.05) is 0 Å². The number of ether oxygens (including phenoxy) is 2. The van der Waals surface area contributed by atoms with Gasteiger partial charge in [0, 0.05) is 30.9 Å². The van der Waals surface area contributed by atoms with Crippen molar-refractivity contribution in [3.8, 4) is 0 Å². The van der Waals surface area contributed by atoms with Crippen LogP contribution in [-0.2, 0) is 22.5 Å². The fraction of sp³-hybridized carbons (Fsp3) is 0.714. The molecule has 29 heavy (non-hydrogen) atoms. The predicted molar refractivity (Wildman–Crippen MR) is 121 cm³/mol. The highest BCUT2D eigenvalue weighted by molar-refractivity contribution is 7.99. The largest absolute Gasteiger partial charge is 0.379 e. The second-order valence-corrected chi connectivity index (χ2v) is 10.3. The number of rotatable bonds is 8. The van der Waals surface area contributed by atoms with Gasteiger partial charge in [0.15, 0.2) is 5.16 Å². The Hall–Kier alpha value is -0.930. The van der Waals surface area contributed by atoms with E-state index in [0.29, 0.717) is 6.61 Å². The second-order valence-electron chi connectivity index (χ2n) is 7.97. The summed E-state index contributed by atoms with van der Waals surface area (Å²) in [5.74, 6) is 1.98. The van der Waals surface area contributed by atoms with Crippen LogP contribution in [0.1, 0.15) is 44.1 Å². The third-order valence-electron chi connectivity index (χ3n) is 5.88. The molecule has 0 amide bonds. The molecule has 4 heterocycles. The molecule has 6 nitrogen and oxygen atoms in total. The minimum Gasteiger partial charge on any atom is -0.379 e. The lowest BCUT2D eigenvalue weighted by molar-refractivity contribution is -0.0542. The van der Waals surface area contributed by atoms with Crippen molar-refractivity contribution < 1.29 is 9.47 Å². The van der Waals surface area contributed by atoms with Gasteiger partial charge < -0.3 is 14.8 Å². The quantitative estimate of drug-likeness (QED) is 0.378. The first kappa shape index (κ1) is 21.3. The summed E-state index contributed by atoms with van der Waals surface area (Å²) in [5, 5.41) is 5.74. The topological polar surface area (TPSA) is 59.5 Å². The third-order valence-corrected chi connectivity index (χ3v) is 7.71. The van der Waals surface area contributed by atoms with Crippen LogP contribution < -0.4 is 5.32 Å². The number of thioether (sulfide) groups is 1. The molecular formula is C21H32N4O2S2. The van der Waals surface area contributed by atoms with E-state index in [0.717, 1.165) is 80.2 Å². The van der Waals surface area contributed by atoms with E-state index < -0.39 is 0 Å². The highest BCUT2D eigenvalue weighted by Crippen LogP contribution is 2.42. The first-order valence-electron chi connectivity index (χ1n) is 10.7. The van der Waals surface area contributed by atoms with Crippen molar-refractivity contribution in [2.24, 2.45) is 0 Å². The van der Waals surface area contributed by atoms with Gasteiger partial charge in [-0.2, -0.15) is 0 Å². The Balaban J connectivity index is 1.54. The van der Waals surface area contributed by atoms with E-state index in [1.165, 1.54) is 15.8 Å². The van der Waals surface area contributed by atoms with E-state index in [9.17, 15) is 0 Å². The smallest absolute Gasteiger partial charge is 0.190 e. The van der Waals surface area contributed by atoms with Gasteiger partial charge in [0.2, 0.25) is 0 Å². The van der Waals surface area contributed by atoms with E-state index in [4.69, 9.17) is 19.4 Å². The molecule has 0 saturated carbocycles. The van der Waals surface area contributed by atoms with Crippen molar-refractivity contribution in [2.75, 3.05) is 50.5 Å². The number of nitrogens with one attached hydrogen (secondary N) is 1. The second kappa shape index (κ2) is 9.47. The van der Waals surface area contributed by atoms with Crippen LogP contribution in [0.3, 0.4) is 0 Å². The monoisotopic (exact) mass is 436 g/mol. The summed E-state index contributed by atoms with van der Waals surface area (Å²) >= 11 is 3.48. The maximum atomic E-state index is 6.17. The Morgan fingerprint density at radius 2 is 2.07 bits per heavy atom. The fourth-order valence-electron chi connectivity index (χ4n) is 3.94. The molecule has 2 aromatic heterocycles. The van der Waals surface area contributed by atoms with Crippen LogP contribution >= 0.6 is 23.1 Å². The van der Waals surface area contributed by atoms with E-state index in [1.54, 1.807) is 23.1 Å². The van der Waals surface area contributed by atoms with Gasteiger partial charge in [-0.05, 0) is 37.6 Å². The minimum atomic E-state index is -0.0918. The summed E-state index contributed by atoms with van der Waals surface area (Å²) in [5.41, 5.74) is 1.30. The van der Waals surface area contributed by atoms with Gasteiger partial charge in [-0.3, -0.25) is 4.90 Å². The maximum absolute atomic E-state index is 6.17. The van der Waals surface area contributed by atoms with Crippen molar-refractivity contribution in [3.63, 3.8) is 0 Å². The molecule has 1 saturated heterocycles. The normalized spacial score (nSPS) is 22.7. The maximum Gasteiger partial charge on any atom is 0.190 e. The summed E-state index contributed by atoms with van der Waals surface area (Å²) in [6, 6.07) is 0.